The number of hydrogen-bond donors (Lipinski definition) is 2. The number of hydrogen-bond acceptors (Lipinski definition) is 7. The van der Waals surface area contributed by atoms with Gasteiger partial charge in [0.15, 0.2) is 5.65 Å². The predicted molar refractivity (Wildman–Crippen MR) is 112 cm³/mol. The largest absolute Gasteiger partial charge is 0.467 e. The van der Waals surface area contributed by atoms with Crippen LogP contribution in [0.15, 0.2) is 64.5 Å². The maximum Gasteiger partial charge on any atom is 0.252 e. The summed E-state index contributed by atoms with van der Waals surface area (Å²) >= 11 is 1.55. The van der Waals surface area contributed by atoms with Gasteiger partial charge in [0.2, 0.25) is 0 Å². The third-order valence-corrected chi connectivity index (χ3v) is 5.20. The first-order valence-electron chi connectivity index (χ1n) is 9.10. The standard InChI is InChI=1S/C20H20N6O2S/c1-29-17-7-3-2-6-15(17)20(27)21-8-9-26-19-16(12-25-26)18(23-13-24-19)22-11-14-5-4-10-28-14/h2-7,10,12-13H,8-9,11H2,1H3,(H,21,27)(H,22,23,24). The summed E-state index contributed by atoms with van der Waals surface area (Å²) in [5.74, 6) is 1.41. The Kier molecular flexibility index (Phi) is 5.76. The molecule has 0 saturated carbocycles. The molecule has 1 amide bonds. The van der Waals surface area contributed by atoms with Gasteiger partial charge < -0.3 is 15.1 Å². The second kappa shape index (κ2) is 8.78. The lowest BCUT2D eigenvalue weighted by molar-refractivity contribution is 0.0949. The molecule has 0 atom stereocenters. The monoisotopic (exact) mass is 408 g/mol. The summed E-state index contributed by atoms with van der Waals surface area (Å²) < 4.78 is 7.09. The van der Waals surface area contributed by atoms with Crippen LogP contribution in [-0.2, 0) is 13.1 Å². The van der Waals surface area contributed by atoms with Crippen LogP contribution in [0.3, 0.4) is 0 Å². The van der Waals surface area contributed by atoms with Crippen molar-refractivity contribution in [3.8, 4) is 0 Å². The molecule has 9 heteroatoms. The molecule has 3 aromatic heterocycles. The van der Waals surface area contributed by atoms with Gasteiger partial charge in [-0.2, -0.15) is 5.10 Å². The Hall–Kier alpha value is -3.33. The number of thioether (sulfide) groups is 1. The molecule has 0 unspecified atom stereocenters. The van der Waals surface area contributed by atoms with E-state index in [1.54, 1.807) is 28.9 Å². The van der Waals surface area contributed by atoms with Crippen LogP contribution in [-0.4, -0.2) is 38.5 Å². The number of nitrogens with one attached hydrogen (secondary N) is 2. The molecule has 0 radical (unpaired) electrons. The third-order valence-electron chi connectivity index (χ3n) is 4.40. The topological polar surface area (TPSA) is 97.9 Å². The Labute approximate surface area is 171 Å². The number of carbonyl (C=O) groups excluding carboxylic acids is 1. The maximum absolute atomic E-state index is 12.5. The molecule has 148 valence electrons. The normalized spacial score (nSPS) is 10.9. The molecule has 0 aliphatic carbocycles. The summed E-state index contributed by atoms with van der Waals surface area (Å²) in [7, 11) is 0. The first-order valence-corrected chi connectivity index (χ1v) is 10.3. The van der Waals surface area contributed by atoms with Gasteiger partial charge in [0, 0.05) is 11.4 Å². The van der Waals surface area contributed by atoms with E-state index in [-0.39, 0.29) is 5.91 Å². The fourth-order valence-electron chi connectivity index (χ4n) is 2.98. The number of anilines is 1. The zero-order chi connectivity index (χ0) is 20.1. The fourth-order valence-corrected chi connectivity index (χ4v) is 3.58. The molecule has 0 saturated heterocycles. The maximum atomic E-state index is 12.5. The fraction of sp³-hybridized carbons (Fsp3) is 0.200. The zero-order valence-electron chi connectivity index (χ0n) is 15.8. The number of nitrogens with zero attached hydrogens (tertiary/aromatic N) is 4. The van der Waals surface area contributed by atoms with Crippen LogP contribution in [0.4, 0.5) is 5.82 Å². The minimum Gasteiger partial charge on any atom is -0.467 e. The quantitative estimate of drug-likeness (QED) is 0.432. The molecule has 4 aromatic rings. The van der Waals surface area contributed by atoms with Crippen LogP contribution in [0.2, 0.25) is 0 Å². The van der Waals surface area contributed by atoms with Crippen molar-refractivity contribution in [2.75, 3.05) is 18.1 Å². The highest BCUT2D eigenvalue weighted by molar-refractivity contribution is 7.98. The molecule has 4 rings (SSSR count). The highest BCUT2D eigenvalue weighted by Crippen LogP contribution is 2.20. The summed E-state index contributed by atoms with van der Waals surface area (Å²) in [6.07, 6.45) is 6.82. The molecule has 29 heavy (non-hydrogen) atoms. The van der Waals surface area contributed by atoms with Crippen molar-refractivity contribution in [3.05, 3.63) is 66.5 Å². The molecule has 0 aliphatic rings. The van der Waals surface area contributed by atoms with Gasteiger partial charge in [0.1, 0.15) is 17.9 Å². The lowest BCUT2D eigenvalue weighted by Crippen LogP contribution is -2.28. The first-order chi connectivity index (χ1) is 14.3. The molecular formula is C20H20N6O2S. The number of fused-ring (bicyclic) bond motifs is 1. The summed E-state index contributed by atoms with van der Waals surface area (Å²) in [6, 6.07) is 11.3. The Balaban J connectivity index is 1.41. The van der Waals surface area contributed by atoms with E-state index in [4.69, 9.17) is 4.42 Å². The second-order valence-electron chi connectivity index (χ2n) is 6.22. The van der Waals surface area contributed by atoms with Gasteiger partial charge in [-0.1, -0.05) is 12.1 Å². The van der Waals surface area contributed by atoms with E-state index in [1.807, 2.05) is 42.7 Å². The number of benzene rings is 1. The minimum atomic E-state index is -0.0955. The van der Waals surface area contributed by atoms with Crippen molar-refractivity contribution in [1.29, 1.82) is 0 Å². The van der Waals surface area contributed by atoms with Crippen molar-refractivity contribution >= 4 is 34.5 Å². The van der Waals surface area contributed by atoms with Gasteiger partial charge in [-0.25, -0.2) is 14.6 Å². The first kappa shape index (κ1) is 19.0. The Morgan fingerprint density at radius 2 is 2.10 bits per heavy atom. The summed E-state index contributed by atoms with van der Waals surface area (Å²) in [5, 5.41) is 11.4. The lowest BCUT2D eigenvalue weighted by Gasteiger charge is -2.09. The average molecular weight is 408 g/mol. The van der Waals surface area contributed by atoms with Crippen LogP contribution in [0.1, 0.15) is 16.1 Å². The summed E-state index contributed by atoms with van der Waals surface area (Å²) in [6.45, 7) is 1.47. The van der Waals surface area contributed by atoms with Gasteiger partial charge >= 0.3 is 0 Å². The summed E-state index contributed by atoms with van der Waals surface area (Å²) in [5.41, 5.74) is 1.39. The molecule has 0 bridgehead atoms. The van der Waals surface area contributed by atoms with Crippen LogP contribution >= 0.6 is 11.8 Å². The van der Waals surface area contributed by atoms with Gasteiger partial charge in [0.05, 0.1) is 36.5 Å². The van der Waals surface area contributed by atoms with Crippen LogP contribution in [0.25, 0.3) is 11.0 Å². The molecule has 0 spiro atoms. The Morgan fingerprint density at radius 1 is 1.21 bits per heavy atom. The average Bonchev–Trinajstić information content (AvgIpc) is 3.42. The van der Waals surface area contributed by atoms with E-state index < -0.39 is 0 Å². The smallest absolute Gasteiger partial charge is 0.252 e. The Morgan fingerprint density at radius 3 is 2.93 bits per heavy atom. The molecule has 0 fully saturated rings. The third kappa shape index (κ3) is 4.24. The van der Waals surface area contributed by atoms with E-state index in [0.29, 0.717) is 36.7 Å². The lowest BCUT2D eigenvalue weighted by atomic mass is 10.2. The zero-order valence-corrected chi connectivity index (χ0v) is 16.6. The van der Waals surface area contributed by atoms with Crippen molar-refractivity contribution < 1.29 is 9.21 Å². The minimum absolute atomic E-state index is 0.0955. The van der Waals surface area contributed by atoms with E-state index >= 15 is 0 Å². The van der Waals surface area contributed by atoms with Crippen LogP contribution in [0.5, 0.6) is 0 Å². The van der Waals surface area contributed by atoms with E-state index in [0.717, 1.165) is 16.0 Å². The highest BCUT2D eigenvalue weighted by Gasteiger charge is 2.12. The number of furan rings is 1. The highest BCUT2D eigenvalue weighted by atomic mass is 32.2. The van der Waals surface area contributed by atoms with Crippen LogP contribution < -0.4 is 10.6 Å². The second-order valence-corrected chi connectivity index (χ2v) is 7.06. The van der Waals surface area contributed by atoms with Crippen molar-refractivity contribution in [1.82, 2.24) is 25.1 Å². The Bertz CT molecular complexity index is 1110. The van der Waals surface area contributed by atoms with Crippen LogP contribution in [0, 0.1) is 0 Å². The summed E-state index contributed by atoms with van der Waals surface area (Å²) in [4.78, 5) is 22.1. The van der Waals surface area contributed by atoms with Gasteiger partial charge in [-0.15, -0.1) is 11.8 Å². The van der Waals surface area contributed by atoms with Gasteiger partial charge in [-0.05, 0) is 30.5 Å². The van der Waals surface area contributed by atoms with Crippen molar-refractivity contribution in [3.63, 3.8) is 0 Å². The molecule has 0 aliphatic heterocycles. The number of carbonyl (C=O) groups is 1. The van der Waals surface area contributed by atoms with E-state index in [2.05, 4.69) is 25.7 Å². The van der Waals surface area contributed by atoms with E-state index in [1.165, 1.54) is 6.33 Å². The molecular weight excluding hydrogens is 388 g/mol. The van der Waals surface area contributed by atoms with Crippen molar-refractivity contribution in [2.24, 2.45) is 0 Å². The molecule has 2 N–H and O–H groups in total. The van der Waals surface area contributed by atoms with Gasteiger partial charge in [-0.3, -0.25) is 4.79 Å². The molecule has 8 nitrogen and oxygen atoms in total. The number of aromatic nitrogens is 4. The molecule has 3 heterocycles. The van der Waals surface area contributed by atoms with Gasteiger partial charge in [0.25, 0.3) is 5.91 Å². The van der Waals surface area contributed by atoms with Crippen molar-refractivity contribution in [2.45, 2.75) is 18.0 Å². The van der Waals surface area contributed by atoms with E-state index in [9.17, 15) is 4.79 Å². The number of rotatable bonds is 8. The SMILES string of the molecule is CSc1ccccc1C(=O)NCCn1ncc2c(NCc3ccco3)ncnc21. The number of amides is 1. The molecule has 1 aromatic carbocycles. The predicted octanol–water partition coefficient (Wildman–Crippen LogP) is 3.18.